The van der Waals surface area contributed by atoms with Crippen LogP contribution < -0.4 is 14.4 Å². The fourth-order valence-electron chi connectivity index (χ4n) is 4.47. The maximum Gasteiger partial charge on any atom is 0.244 e. The number of anilines is 1. The molecule has 1 aliphatic carbocycles. The van der Waals surface area contributed by atoms with Gasteiger partial charge in [-0.15, -0.1) is 0 Å². The smallest absolute Gasteiger partial charge is 0.244 e. The average Bonchev–Trinajstić information content (AvgIpc) is 2.87. The summed E-state index contributed by atoms with van der Waals surface area (Å²) in [6.45, 7) is 3.48. The first-order valence-corrected chi connectivity index (χ1v) is 15.3. The van der Waals surface area contributed by atoms with Crippen molar-refractivity contribution in [3.05, 3.63) is 58.1 Å². The summed E-state index contributed by atoms with van der Waals surface area (Å²) >= 11 is 12.4. The third kappa shape index (κ3) is 8.25. The maximum atomic E-state index is 13.7. The fraction of sp³-hybridized carbons (Fsp3) is 0.481. The number of benzene rings is 2. The van der Waals surface area contributed by atoms with E-state index in [9.17, 15) is 18.0 Å². The number of hydrogen-bond donors (Lipinski definition) is 1. The second kappa shape index (κ2) is 13.5. The molecule has 2 aromatic rings. The summed E-state index contributed by atoms with van der Waals surface area (Å²) in [6.07, 6.45) is 6.08. The molecule has 0 unspecified atom stereocenters. The molecule has 0 spiro atoms. The molecule has 1 fully saturated rings. The lowest BCUT2D eigenvalue weighted by Crippen LogP contribution is -2.53. The van der Waals surface area contributed by atoms with Crippen molar-refractivity contribution in [3.8, 4) is 5.75 Å². The van der Waals surface area contributed by atoms with Gasteiger partial charge in [-0.25, -0.2) is 8.42 Å². The molecule has 38 heavy (non-hydrogen) atoms. The highest BCUT2D eigenvalue weighted by molar-refractivity contribution is 7.92. The Morgan fingerprint density at radius 3 is 2.32 bits per heavy atom. The van der Waals surface area contributed by atoms with Crippen LogP contribution in [0, 0.1) is 0 Å². The van der Waals surface area contributed by atoms with E-state index in [0.717, 1.165) is 42.7 Å². The third-order valence-corrected chi connectivity index (χ3v) is 8.32. The Morgan fingerprint density at radius 2 is 1.74 bits per heavy atom. The summed E-state index contributed by atoms with van der Waals surface area (Å²) < 4.78 is 31.9. The number of nitrogens with zero attached hydrogens (tertiary/aromatic N) is 2. The summed E-state index contributed by atoms with van der Waals surface area (Å²) in [5.74, 6) is -0.244. The molecule has 2 amide bonds. The van der Waals surface area contributed by atoms with E-state index in [2.05, 4.69) is 5.32 Å². The molecule has 1 atom stereocenters. The molecule has 2 aromatic carbocycles. The predicted octanol–water partition coefficient (Wildman–Crippen LogP) is 5.02. The van der Waals surface area contributed by atoms with E-state index in [1.54, 1.807) is 49.4 Å². The molecule has 1 N–H and O–H groups in total. The van der Waals surface area contributed by atoms with Gasteiger partial charge in [-0.2, -0.15) is 0 Å². The van der Waals surface area contributed by atoms with Crippen LogP contribution in [0.4, 0.5) is 5.69 Å². The number of carbonyl (C=O) groups excluding carboxylic acids is 2. The molecule has 0 aliphatic heterocycles. The predicted molar refractivity (Wildman–Crippen MR) is 151 cm³/mol. The fourth-order valence-corrected chi connectivity index (χ4v) is 5.79. The Balaban J connectivity index is 1.88. The van der Waals surface area contributed by atoms with E-state index in [0.29, 0.717) is 33.7 Å². The molecule has 0 heterocycles. The molecular formula is C27H35Cl2N3O5S. The number of hydrogen-bond acceptors (Lipinski definition) is 5. The minimum atomic E-state index is -3.83. The SMILES string of the molecule is CCOc1ccc(N(CC(=O)N(Cc2ccc(Cl)cc2Cl)[C@H](C)C(=O)NC2CCCCC2)S(C)(=O)=O)cc1. The van der Waals surface area contributed by atoms with Gasteiger partial charge in [-0.1, -0.05) is 48.5 Å². The van der Waals surface area contributed by atoms with Crippen LogP contribution in [0.3, 0.4) is 0 Å². The van der Waals surface area contributed by atoms with Crippen LogP contribution in [0.5, 0.6) is 5.75 Å². The molecule has 0 aromatic heterocycles. The van der Waals surface area contributed by atoms with Crippen LogP contribution in [-0.2, 0) is 26.2 Å². The Bertz CT molecular complexity index is 1220. The van der Waals surface area contributed by atoms with Gasteiger partial charge in [0, 0.05) is 22.6 Å². The van der Waals surface area contributed by atoms with Crippen molar-refractivity contribution in [2.45, 2.75) is 64.6 Å². The summed E-state index contributed by atoms with van der Waals surface area (Å²) in [5.41, 5.74) is 0.904. The first-order valence-electron chi connectivity index (χ1n) is 12.7. The lowest BCUT2D eigenvalue weighted by atomic mass is 9.95. The van der Waals surface area contributed by atoms with E-state index >= 15 is 0 Å². The number of amides is 2. The molecule has 11 heteroatoms. The Labute approximate surface area is 235 Å². The second-order valence-electron chi connectivity index (χ2n) is 9.47. The van der Waals surface area contributed by atoms with E-state index in [1.807, 2.05) is 6.92 Å². The van der Waals surface area contributed by atoms with E-state index in [-0.39, 0.29) is 18.5 Å². The number of sulfonamides is 1. The number of rotatable bonds is 11. The van der Waals surface area contributed by atoms with Crippen LogP contribution >= 0.6 is 23.2 Å². The van der Waals surface area contributed by atoms with Gasteiger partial charge in [0.1, 0.15) is 18.3 Å². The molecule has 1 aliphatic rings. The molecule has 0 saturated heterocycles. The van der Waals surface area contributed by atoms with Crippen molar-refractivity contribution >= 4 is 50.7 Å². The second-order valence-corrected chi connectivity index (χ2v) is 12.2. The van der Waals surface area contributed by atoms with Crippen LogP contribution in [-0.4, -0.2) is 56.6 Å². The van der Waals surface area contributed by atoms with Crippen LogP contribution in [0.2, 0.25) is 10.0 Å². The van der Waals surface area contributed by atoms with Gasteiger partial charge in [0.05, 0.1) is 18.6 Å². The minimum absolute atomic E-state index is 0.00890. The zero-order valence-corrected chi connectivity index (χ0v) is 24.3. The average molecular weight is 585 g/mol. The minimum Gasteiger partial charge on any atom is -0.494 e. The number of halogens is 2. The molecule has 8 nitrogen and oxygen atoms in total. The quantitative estimate of drug-likeness (QED) is 0.400. The summed E-state index contributed by atoms with van der Waals surface area (Å²) in [4.78, 5) is 28.3. The van der Waals surface area contributed by atoms with E-state index < -0.39 is 28.5 Å². The summed E-state index contributed by atoms with van der Waals surface area (Å²) in [6, 6.07) is 10.6. The van der Waals surface area contributed by atoms with Gasteiger partial charge in [-0.3, -0.25) is 13.9 Å². The molecule has 0 bridgehead atoms. The van der Waals surface area contributed by atoms with Crippen molar-refractivity contribution in [2.75, 3.05) is 23.7 Å². The largest absolute Gasteiger partial charge is 0.494 e. The van der Waals surface area contributed by atoms with Crippen molar-refractivity contribution < 1.29 is 22.7 Å². The monoisotopic (exact) mass is 583 g/mol. The Kier molecular flexibility index (Phi) is 10.7. The zero-order valence-electron chi connectivity index (χ0n) is 22.0. The lowest BCUT2D eigenvalue weighted by molar-refractivity contribution is -0.139. The number of carbonyl (C=O) groups is 2. The zero-order chi connectivity index (χ0) is 27.9. The van der Waals surface area contributed by atoms with Crippen LogP contribution in [0.1, 0.15) is 51.5 Å². The van der Waals surface area contributed by atoms with Crippen molar-refractivity contribution in [1.29, 1.82) is 0 Å². The molecule has 3 rings (SSSR count). The topological polar surface area (TPSA) is 96.0 Å². The van der Waals surface area contributed by atoms with E-state index in [4.69, 9.17) is 27.9 Å². The van der Waals surface area contributed by atoms with Gasteiger partial charge < -0.3 is 15.0 Å². The first kappa shape index (κ1) is 30.1. The van der Waals surface area contributed by atoms with Gasteiger partial charge in [-0.05, 0) is 68.7 Å². The van der Waals surface area contributed by atoms with Gasteiger partial charge in [0.15, 0.2) is 0 Å². The number of nitrogens with one attached hydrogen (secondary N) is 1. The highest BCUT2D eigenvalue weighted by Gasteiger charge is 2.31. The van der Waals surface area contributed by atoms with Crippen LogP contribution in [0.15, 0.2) is 42.5 Å². The summed E-state index contributed by atoms with van der Waals surface area (Å²) in [5, 5.41) is 3.86. The molecule has 1 saturated carbocycles. The van der Waals surface area contributed by atoms with Crippen LogP contribution in [0.25, 0.3) is 0 Å². The summed E-state index contributed by atoms with van der Waals surface area (Å²) in [7, 11) is -3.83. The van der Waals surface area contributed by atoms with Gasteiger partial charge >= 0.3 is 0 Å². The normalized spacial score (nSPS) is 15.0. The highest BCUT2D eigenvalue weighted by atomic mass is 35.5. The molecular weight excluding hydrogens is 549 g/mol. The Hall–Kier alpha value is -2.49. The van der Waals surface area contributed by atoms with Gasteiger partial charge in [0.25, 0.3) is 0 Å². The first-order chi connectivity index (χ1) is 18.0. The Morgan fingerprint density at radius 1 is 1.08 bits per heavy atom. The standard InChI is InChI=1S/C27H35Cl2N3O5S/c1-4-37-24-14-12-23(13-15-24)32(38(3,35)36)18-26(33)31(17-20-10-11-21(28)16-25(20)29)19(2)27(34)30-22-8-6-5-7-9-22/h10-16,19,22H,4-9,17-18H2,1-3H3,(H,30,34)/t19-/m1/s1. The molecule has 0 radical (unpaired) electrons. The number of ether oxygens (including phenoxy) is 1. The highest BCUT2D eigenvalue weighted by Crippen LogP contribution is 2.26. The molecule has 208 valence electrons. The van der Waals surface area contributed by atoms with Crippen molar-refractivity contribution in [2.24, 2.45) is 0 Å². The van der Waals surface area contributed by atoms with E-state index in [1.165, 1.54) is 4.90 Å². The van der Waals surface area contributed by atoms with Crippen molar-refractivity contribution in [3.63, 3.8) is 0 Å². The van der Waals surface area contributed by atoms with Gasteiger partial charge in [0.2, 0.25) is 21.8 Å². The van der Waals surface area contributed by atoms with Crippen molar-refractivity contribution in [1.82, 2.24) is 10.2 Å². The maximum absolute atomic E-state index is 13.7. The lowest BCUT2D eigenvalue weighted by Gasteiger charge is -2.33. The third-order valence-electron chi connectivity index (χ3n) is 6.59.